The van der Waals surface area contributed by atoms with E-state index in [9.17, 15) is 4.79 Å². The molecule has 2 aromatic carbocycles. The van der Waals surface area contributed by atoms with E-state index in [1.807, 2.05) is 18.2 Å². The summed E-state index contributed by atoms with van der Waals surface area (Å²) in [6.07, 6.45) is 1.11. The van der Waals surface area contributed by atoms with Gasteiger partial charge >= 0.3 is 5.97 Å². The third-order valence-electron chi connectivity index (χ3n) is 4.53. The predicted molar refractivity (Wildman–Crippen MR) is 87.3 cm³/mol. The highest BCUT2D eigenvalue weighted by atomic mass is 16.5. The fraction of sp³-hybridized carbons (Fsp3) is 0.278. The van der Waals surface area contributed by atoms with Crippen molar-refractivity contribution in [2.24, 2.45) is 0 Å². The molecule has 4 nitrogen and oxygen atoms in total. The van der Waals surface area contributed by atoms with Gasteiger partial charge in [-0.1, -0.05) is 24.3 Å². The molecular weight excluding hydrogens is 276 g/mol. The minimum Gasteiger partial charge on any atom is -0.465 e. The molecule has 0 spiro atoms. The lowest BCUT2D eigenvalue weighted by molar-refractivity contribution is 0.0601. The molecule has 112 valence electrons. The molecule has 0 unspecified atom stereocenters. The van der Waals surface area contributed by atoms with Gasteiger partial charge in [-0.2, -0.15) is 0 Å². The van der Waals surface area contributed by atoms with Crippen molar-refractivity contribution in [3.63, 3.8) is 0 Å². The number of ether oxygens (including phenoxy) is 1. The van der Waals surface area contributed by atoms with E-state index in [1.54, 1.807) is 0 Å². The van der Waals surface area contributed by atoms with Gasteiger partial charge in [0, 0.05) is 28.9 Å². The number of nitrogens with zero attached hydrogens (tertiary/aromatic N) is 1. The van der Waals surface area contributed by atoms with Crippen LogP contribution in [0.1, 0.15) is 22.8 Å². The Bertz CT molecular complexity index is 860. The number of aromatic nitrogens is 1. The molecule has 1 aliphatic heterocycles. The van der Waals surface area contributed by atoms with Crippen LogP contribution in [0.25, 0.3) is 21.8 Å². The number of rotatable bonds is 2. The first-order valence-corrected chi connectivity index (χ1v) is 7.61. The number of carbonyl (C=O) groups is 1. The highest BCUT2D eigenvalue weighted by Gasteiger charge is 2.22. The van der Waals surface area contributed by atoms with Crippen LogP contribution in [-0.2, 0) is 4.74 Å². The summed E-state index contributed by atoms with van der Waals surface area (Å²) in [6, 6.07) is 14.7. The van der Waals surface area contributed by atoms with Crippen molar-refractivity contribution < 1.29 is 9.53 Å². The number of nitrogens with one attached hydrogen (secondary N) is 1. The minimum atomic E-state index is -0.289. The van der Waals surface area contributed by atoms with Crippen LogP contribution < -0.4 is 5.32 Å². The molecule has 0 amide bonds. The minimum absolute atomic E-state index is 0.289. The van der Waals surface area contributed by atoms with Gasteiger partial charge in [0.05, 0.1) is 18.2 Å². The predicted octanol–water partition coefficient (Wildman–Crippen LogP) is 3.12. The van der Waals surface area contributed by atoms with Crippen molar-refractivity contribution in [1.29, 1.82) is 0 Å². The number of carbonyl (C=O) groups excluding carboxylic acids is 1. The molecule has 1 N–H and O–H groups in total. The lowest BCUT2D eigenvalue weighted by atomic mass is 10.1. The summed E-state index contributed by atoms with van der Waals surface area (Å²) < 4.78 is 7.24. The summed E-state index contributed by atoms with van der Waals surface area (Å²) in [5, 5.41) is 5.85. The Hall–Kier alpha value is -2.33. The van der Waals surface area contributed by atoms with Crippen LogP contribution in [0.4, 0.5) is 0 Å². The molecule has 1 aromatic heterocycles. The Balaban J connectivity index is 2.04. The summed E-state index contributed by atoms with van der Waals surface area (Å²) in [4.78, 5) is 11.9. The monoisotopic (exact) mass is 294 g/mol. The van der Waals surface area contributed by atoms with E-state index in [1.165, 1.54) is 23.4 Å². The summed E-state index contributed by atoms with van der Waals surface area (Å²) in [5.74, 6) is -0.289. The van der Waals surface area contributed by atoms with Crippen LogP contribution in [0.2, 0.25) is 0 Å². The molecule has 3 aromatic rings. The summed E-state index contributed by atoms with van der Waals surface area (Å²) in [5.41, 5.74) is 2.94. The van der Waals surface area contributed by atoms with Gasteiger partial charge in [0.2, 0.25) is 0 Å². The number of hydrogen-bond donors (Lipinski definition) is 1. The van der Waals surface area contributed by atoms with Crippen molar-refractivity contribution in [3.8, 4) is 0 Å². The lowest BCUT2D eigenvalue weighted by Crippen LogP contribution is -2.13. The Morgan fingerprint density at radius 1 is 1.18 bits per heavy atom. The first kappa shape index (κ1) is 13.3. The van der Waals surface area contributed by atoms with Gasteiger partial charge < -0.3 is 14.6 Å². The normalized spacial score (nSPS) is 18.1. The molecule has 2 heterocycles. The van der Waals surface area contributed by atoms with E-state index in [2.05, 4.69) is 34.1 Å². The van der Waals surface area contributed by atoms with E-state index >= 15 is 0 Å². The molecule has 4 heteroatoms. The van der Waals surface area contributed by atoms with Crippen LogP contribution in [0.5, 0.6) is 0 Å². The van der Waals surface area contributed by atoms with E-state index in [4.69, 9.17) is 4.74 Å². The Labute approximate surface area is 128 Å². The van der Waals surface area contributed by atoms with Gasteiger partial charge in [-0.15, -0.1) is 0 Å². The maximum Gasteiger partial charge on any atom is 0.337 e. The van der Waals surface area contributed by atoms with E-state index in [0.29, 0.717) is 11.6 Å². The number of esters is 1. The van der Waals surface area contributed by atoms with Crippen molar-refractivity contribution in [3.05, 3.63) is 48.0 Å². The topological polar surface area (TPSA) is 43.3 Å². The maximum absolute atomic E-state index is 11.9. The standard InChI is InChI=1S/C18H18N2O2/c1-22-18(21)12-6-7-15-14-4-2-3-5-16(14)20(17(15)10-12)13-8-9-19-11-13/h2-7,10,13,19H,8-9,11H2,1H3/t13-/m0/s1. The van der Waals surface area contributed by atoms with E-state index in [-0.39, 0.29) is 5.97 Å². The smallest absolute Gasteiger partial charge is 0.337 e. The first-order chi connectivity index (χ1) is 10.8. The Morgan fingerprint density at radius 2 is 2.00 bits per heavy atom. The molecule has 1 aliphatic rings. The van der Waals surface area contributed by atoms with Gasteiger partial charge in [-0.3, -0.25) is 0 Å². The Morgan fingerprint density at radius 3 is 2.77 bits per heavy atom. The maximum atomic E-state index is 11.9. The highest BCUT2D eigenvalue weighted by Crippen LogP contribution is 2.34. The molecule has 22 heavy (non-hydrogen) atoms. The van der Waals surface area contributed by atoms with E-state index in [0.717, 1.165) is 25.0 Å². The van der Waals surface area contributed by atoms with Gasteiger partial charge in [0.15, 0.2) is 0 Å². The van der Waals surface area contributed by atoms with Crippen LogP contribution >= 0.6 is 0 Å². The van der Waals surface area contributed by atoms with Crippen molar-refractivity contribution in [2.75, 3.05) is 20.2 Å². The molecule has 0 bridgehead atoms. The zero-order valence-electron chi connectivity index (χ0n) is 12.5. The van der Waals surface area contributed by atoms with Gasteiger partial charge in [-0.25, -0.2) is 4.79 Å². The number of methoxy groups -OCH3 is 1. The van der Waals surface area contributed by atoms with Gasteiger partial charge in [0.25, 0.3) is 0 Å². The van der Waals surface area contributed by atoms with Crippen molar-refractivity contribution in [2.45, 2.75) is 12.5 Å². The van der Waals surface area contributed by atoms with Crippen molar-refractivity contribution in [1.82, 2.24) is 9.88 Å². The van der Waals surface area contributed by atoms with Gasteiger partial charge in [0.1, 0.15) is 0 Å². The average molecular weight is 294 g/mol. The van der Waals surface area contributed by atoms with Crippen LogP contribution in [0.15, 0.2) is 42.5 Å². The molecular formula is C18H18N2O2. The van der Waals surface area contributed by atoms with Crippen molar-refractivity contribution >= 4 is 27.8 Å². The number of fused-ring (bicyclic) bond motifs is 3. The third kappa shape index (κ3) is 1.91. The third-order valence-corrected chi connectivity index (χ3v) is 4.53. The molecule has 0 saturated carbocycles. The summed E-state index contributed by atoms with van der Waals surface area (Å²) in [6.45, 7) is 2.01. The largest absolute Gasteiger partial charge is 0.465 e. The van der Waals surface area contributed by atoms with Gasteiger partial charge in [-0.05, 0) is 31.2 Å². The highest BCUT2D eigenvalue weighted by molar-refractivity contribution is 6.09. The lowest BCUT2D eigenvalue weighted by Gasteiger charge is -2.15. The first-order valence-electron chi connectivity index (χ1n) is 7.61. The Kier molecular flexibility index (Phi) is 3.12. The van der Waals surface area contributed by atoms with E-state index < -0.39 is 0 Å². The average Bonchev–Trinajstić information content (AvgIpc) is 3.18. The number of hydrogen-bond acceptors (Lipinski definition) is 3. The zero-order valence-corrected chi connectivity index (χ0v) is 12.5. The van der Waals surface area contributed by atoms with Crippen LogP contribution in [-0.4, -0.2) is 30.7 Å². The summed E-state index contributed by atoms with van der Waals surface area (Å²) in [7, 11) is 1.42. The molecule has 0 radical (unpaired) electrons. The fourth-order valence-corrected chi connectivity index (χ4v) is 3.50. The zero-order chi connectivity index (χ0) is 15.1. The second kappa shape index (κ2) is 5.14. The SMILES string of the molecule is COC(=O)c1ccc2c3ccccc3n([C@H]3CCNC3)c2c1. The molecule has 1 saturated heterocycles. The number of benzene rings is 2. The fourth-order valence-electron chi connectivity index (χ4n) is 3.50. The molecule has 1 fully saturated rings. The molecule has 1 atom stereocenters. The molecule has 0 aliphatic carbocycles. The van der Waals surface area contributed by atoms with Crippen LogP contribution in [0, 0.1) is 0 Å². The summed E-state index contributed by atoms with van der Waals surface area (Å²) >= 11 is 0. The number of para-hydroxylation sites is 1. The second-order valence-corrected chi connectivity index (χ2v) is 5.76. The van der Waals surface area contributed by atoms with Crippen LogP contribution in [0.3, 0.4) is 0 Å². The quantitative estimate of drug-likeness (QED) is 0.739. The second-order valence-electron chi connectivity index (χ2n) is 5.76. The molecule has 4 rings (SSSR count).